The summed E-state index contributed by atoms with van der Waals surface area (Å²) < 4.78 is 0. The van der Waals surface area contributed by atoms with Crippen molar-refractivity contribution >= 4 is 51.2 Å². The summed E-state index contributed by atoms with van der Waals surface area (Å²) in [5, 5.41) is 0. The molecule has 0 N–H and O–H groups in total. The summed E-state index contributed by atoms with van der Waals surface area (Å²) >= 11 is 0. The molecular formula is C63H65N3. The molecule has 0 aliphatic rings. The molecule has 0 radical (unpaired) electrons. The van der Waals surface area contributed by atoms with Crippen molar-refractivity contribution in [3.05, 3.63) is 270 Å². The van der Waals surface area contributed by atoms with Gasteiger partial charge in [0.25, 0.3) is 0 Å². The first kappa shape index (κ1) is 47.8. The average molecular weight is 864 g/mol. The number of benzene rings is 9. The van der Waals surface area contributed by atoms with Crippen LogP contribution in [-0.4, -0.2) is 0 Å². The molecule has 9 rings (SSSR count). The van der Waals surface area contributed by atoms with Gasteiger partial charge in [-0.3, -0.25) is 0 Å². The summed E-state index contributed by atoms with van der Waals surface area (Å²) in [6.07, 6.45) is 1.25. The van der Waals surface area contributed by atoms with Gasteiger partial charge in [-0.1, -0.05) is 164 Å². The van der Waals surface area contributed by atoms with Gasteiger partial charge in [0.1, 0.15) is 0 Å². The SMILES string of the molecule is CCC.Cc1ccc(N(c2ccccc2)c2cccc(C)c2)cc1.Cc1ccc(N(c2ccccc2)c2cccc(C)c2)cc1.Cc1ccc(N(c2ccccc2)c2cccc(C)c2)cc1. The number of hydrogen-bond acceptors (Lipinski definition) is 3. The predicted octanol–water partition coefficient (Wildman–Crippen LogP) is 18.7. The van der Waals surface area contributed by atoms with Crippen molar-refractivity contribution < 1.29 is 0 Å². The van der Waals surface area contributed by atoms with Crippen molar-refractivity contribution in [2.24, 2.45) is 0 Å². The van der Waals surface area contributed by atoms with E-state index < -0.39 is 0 Å². The monoisotopic (exact) mass is 864 g/mol. The van der Waals surface area contributed by atoms with Gasteiger partial charge in [-0.15, -0.1) is 0 Å². The molecule has 0 saturated heterocycles. The van der Waals surface area contributed by atoms with Crippen molar-refractivity contribution in [2.45, 2.75) is 61.8 Å². The van der Waals surface area contributed by atoms with Crippen LogP contribution in [0.2, 0.25) is 0 Å². The minimum Gasteiger partial charge on any atom is -0.310 e. The average Bonchev–Trinajstić information content (AvgIpc) is 3.33. The van der Waals surface area contributed by atoms with Gasteiger partial charge < -0.3 is 14.7 Å². The lowest BCUT2D eigenvalue weighted by molar-refractivity contribution is 1.09. The third kappa shape index (κ3) is 13.7. The van der Waals surface area contributed by atoms with E-state index in [-0.39, 0.29) is 0 Å². The highest BCUT2D eigenvalue weighted by molar-refractivity contribution is 5.79. The minimum atomic E-state index is 1.17. The third-order valence-electron chi connectivity index (χ3n) is 10.7. The number of aryl methyl sites for hydroxylation is 6. The fourth-order valence-corrected chi connectivity index (χ4v) is 7.46. The maximum absolute atomic E-state index is 2.28. The van der Waals surface area contributed by atoms with E-state index in [4.69, 9.17) is 0 Å². The molecule has 0 amide bonds. The lowest BCUT2D eigenvalue weighted by atomic mass is 10.1. The second-order valence-electron chi connectivity index (χ2n) is 16.7. The van der Waals surface area contributed by atoms with E-state index in [1.165, 1.54) is 91.0 Å². The molecule has 0 spiro atoms. The molecule has 0 bridgehead atoms. The van der Waals surface area contributed by atoms with Crippen molar-refractivity contribution in [1.29, 1.82) is 0 Å². The topological polar surface area (TPSA) is 9.72 Å². The Morgan fingerprint density at radius 1 is 0.212 bits per heavy atom. The molecule has 0 aliphatic heterocycles. The van der Waals surface area contributed by atoms with Gasteiger partial charge in [0.2, 0.25) is 0 Å². The standard InChI is InChI=1S/3C20H19N.C3H8/c3*1-16-11-13-19(14-12-16)21(18-8-4-3-5-9-18)20-10-6-7-17(2)15-20;1-3-2/h3*3-15H,1-2H3;3H2,1-2H3. The molecule has 66 heavy (non-hydrogen) atoms. The number of hydrogen-bond donors (Lipinski definition) is 0. The van der Waals surface area contributed by atoms with Crippen molar-refractivity contribution in [3.8, 4) is 0 Å². The molecule has 3 heteroatoms. The highest BCUT2D eigenvalue weighted by Crippen LogP contribution is 2.37. The van der Waals surface area contributed by atoms with Crippen molar-refractivity contribution in [1.82, 2.24) is 0 Å². The fraction of sp³-hybridized carbons (Fsp3) is 0.143. The first-order chi connectivity index (χ1) is 32.1. The highest BCUT2D eigenvalue weighted by atomic mass is 15.2. The molecular weight excluding hydrogens is 799 g/mol. The van der Waals surface area contributed by atoms with Crippen LogP contribution in [0.4, 0.5) is 51.2 Å². The Bertz CT molecular complexity index is 2470. The van der Waals surface area contributed by atoms with Gasteiger partial charge in [-0.2, -0.15) is 0 Å². The Labute approximate surface area is 395 Å². The first-order valence-corrected chi connectivity index (χ1v) is 23.1. The van der Waals surface area contributed by atoms with E-state index in [9.17, 15) is 0 Å². The lowest BCUT2D eigenvalue weighted by Crippen LogP contribution is -2.09. The Hall–Kier alpha value is -7.62. The molecule has 0 unspecified atom stereocenters. The zero-order chi connectivity index (χ0) is 46.7. The molecule has 0 fully saturated rings. The van der Waals surface area contributed by atoms with E-state index >= 15 is 0 Å². The summed E-state index contributed by atoms with van der Waals surface area (Å²) in [7, 11) is 0. The van der Waals surface area contributed by atoms with Crippen LogP contribution in [0, 0.1) is 41.5 Å². The van der Waals surface area contributed by atoms with Crippen LogP contribution in [0.25, 0.3) is 0 Å². The smallest absolute Gasteiger partial charge is 0.0464 e. The molecule has 0 heterocycles. The highest BCUT2D eigenvalue weighted by Gasteiger charge is 2.14. The minimum absolute atomic E-state index is 1.17. The largest absolute Gasteiger partial charge is 0.310 e. The Balaban J connectivity index is 0.000000159. The zero-order valence-corrected chi connectivity index (χ0v) is 40.1. The molecule has 0 saturated carbocycles. The molecule has 0 aromatic heterocycles. The van der Waals surface area contributed by atoms with Gasteiger partial charge in [0, 0.05) is 51.2 Å². The molecule has 9 aromatic carbocycles. The van der Waals surface area contributed by atoms with Crippen LogP contribution in [0.15, 0.2) is 237 Å². The van der Waals surface area contributed by atoms with E-state index in [2.05, 4.69) is 288 Å². The Morgan fingerprint density at radius 2 is 0.409 bits per heavy atom. The van der Waals surface area contributed by atoms with Crippen LogP contribution in [0.5, 0.6) is 0 Å². The Kier molecular flexibility index (Phi) is 17.7. The second-order valence-corrected chi connectivity index (χ2v) is 16.7. The molecule has 0 aliphatic carbocycles. The van der Waals surface area contributed by atoms with Crippen molar-refractivity contribution in [2.75, 3.05) is 14.7 Å². The summed E-state index contributed by atoms with van der Waals surface area (Å²) in [5.74, 6) is 0. The second kappa shape index (κ2) is 24.4. The van der Waals surface area contributed by atoms with E-state index in [1.54, 1.807) is 0 Å². The fourth-order valence-electron chi connectivity index (χ4n) is 7.46. The van der Waals surface area contributed by atoms with Gasteiger partial charge in [-0.05, 0) is 167 Å². The Morgan fingerprint density at radius 3 is 0.621 bits per heavy atom. The van der Waals surface area contributed by atoms with E-state index in [0.717, 1.165) is 0 Å². The lowest BCUT2D eigenvalue weighted by Gasteiger charge is -2.25. The first-order valence-electron chi connectivity index (χ1n) is 23.1. The van der Waals surface area contributed by atoms with Gasteiger partial charge in [0.15, 0.2) is 0 Å². The molecule has 9 aromatic rings. The van der Waals surface area contributed by atoms with E-state index in [0.29, 0.717) is 0 Å². The summed E-state index contributed by atoms with van der Waals surface area (Å²) in [6.45, 7) is 17.0. The van der Waals surface area contributed by atoms with Gasteiger partial charge in [0.05, 0.1) is 0 Å². The maximum atomic E-state index is 2.28. The zero-order valence-electron chi connectivity index (χ0n) is 40.1. The molecule has 3 nitrogen and oxygen atoms in total. The number of para-hydroxylation sites is 3. The quantitative estimate of drug-likeness (QED) is 0.143. The van der Waals surface area contributed by atoms with Crippen LogP contribution in [-0.2, 0) is 0 Å². The van der Waals surface area contributed by atoms with E-state index in [1.807, 2.05) is 18.2 Å². The summed E-state index contributed by atoms with van der Waals surface area (Å²) in [6, 6.07) is 83.2. The van der Waals surface area contributed by atoms with Crippen LogP contribution in [0.3, 0.4) is 0 Å². The third-order valence-corrected chi connectivity index (χ3v) is 10.7. The van der Waals surface area contributed by atoms with Gasteiger partial charge >= 0.3 is 0 Å². The van der Waals surface area contributed by atoms with Crippen LogP contribution < -0.4 is 14.7 Å². The summed E-state index contributed by atoms with van der Waals surface area (Å²) in [5.41, 5.74) is 18.2. The predicted molar refractivity (Wildman–Crippen MR) is 288 cm³/mol. The summed E-state index contributed by atoms with van der Waals surface area (Å²) in [4.78, 5) is 6.85. The maximum Gasteiger partial charge on any atom is 0.0464 e. The van der Waals surface area contributed by atoms with Crippen LogP contribution in [0.1, 0.15) is 53.6 Å². The number of anilines is 9. The molecule has 332 valence electrons. The van der Waals surface area contributed by atoms with Crippen molar-refractivity contribution in [3.63, 3.8) is 0 Å². The molecule has 0 atom stereocenters. The van der Waals surface area contributed by atoms with Crippen LogP contribution >= 0.6 is 0 Å². The number of nitrogens with zero attached hydrogens (tertiary/aromatic N) is 3. The normalized spacial score (nSPS) is 10.2. The number of rotatable bonds is 9. The van der Waals surface area contributed by atoms with Gasteiger partial charge in [-0.25, -0.2) is 0 Å².